The molecule has 1 unspecified atom stereocenters. The molecule has 0 saturated carbocycles. The molecule has 1 aromatic carbocycles. The van der Waals surface area contributed by atoms with Crippen LogP contribution in [-0.2, 0) is 6.54 Å². The molecule has 1 fully saturated rings. The number of nitrogens with zero attached hydrogens (tertiary/aromatic N) is 1. The SMILES string of the molecule is C=CCNCc1ccc(N2CCCCC2CC)c(OCC)c1. The number of anilines is 1. The van der Waals surface area contributed by atoms with Crippen molar-refractivity contribution in [2.75, 3.05) is 24.6 Å². The molecule has 3 heteroatoms. The summed E-state index contributed by atoms with van der Waals surface area (Å²) in [5.41, 5.74) is 2.53. The molecule has 0 aromatic heterocycles. The highest BCUT2D eigenvalue weighted by Gasteiger charge is 2.23. The highest BCUT2D eigenvalue weighted by Crippen LogP contribution is 2.35. The molecule has 122 valence electrons. The Morgan fingerprint density at radius 3 is 2.95 bits per heavy atom. The molecule has 0 radical (unpaired) electrons. The Morgan fingerprint density at radius 1 is 1.36 bits per heavy atom. The standard InChI is InChI=1S/C19H30N2O/c1-4-12-20-15-16-10-11-18(19(14-16)22-6-3)21-13-8-7-9-17(21)5-2/h4,10-11,14,17,20H,1,5-9,12-13,15H2,2-3H3. The molecule has 1 atom stereocenters. The van der Waals surface area contributed by atoms with Crippen molar-refractivity contribution >= 4 is 5.69 Å². The zero-order chi connectivity index (χ0) is 15.8. The van der Waals surface area contributed by atoms with Crippen LogP contribution < -0.4 is 15.0 Å². The van der Waals surface area contributed by atoms with Gasteiger partial charge in [-0.25, -0.2) is 0 Å². The number of rotatable bonds is 8. The van der Waals surface area contributed by atoms with Crippen molar-refractivity contribution < 1.29 is 4.74 Å². The lowest BCUT2D eigenvalue weighted by Gasteiger charge is -2.38. The molecule has 2 rings (SSSR count). The summed E-state index contributed by atoms with van der Waals surface area (Å²) < 4.78 is 5.94. The van der Waals surface area contributed by atoms with Gasteiger partial charge in [0.25, 0.3) is 0 Å². The van der Waals surface area contributed by atoms with Gasteiger partial charge in [0.2, 0.25) is 0 Å². The summed E-state index contributed by atoms with van der Waals surface area (Å²) >= 11 is 0. The Labute approximate surface area is 135 Å². The number of hydrogen-bond acceptors (Lipinski definition) is 3. The van der Waals surface area contributed by atoms with E-state index >= 15 is 0 Å². The van der Waals surface area contributed by atoms with Gasteiger partial charge in [-0.05, 0) is 50.3 Å². The average molecular weight is 302 g/mol. The first-order chi connectivity index (χ1) is 10.8. The van der Waals surface area contributed by atoms with E-state index in [9.17, 15) is 0 Å². The van der Waals surface area contributed by atoms with E-state index in [1.165, 1.54) is 36.9 Å². The number of benzene rings is 1. The summed E-state index contributed by atoms with van der Waals surface area (Å²) in [7, 11) is 0. The van der Waals surface area contributed by atoms with Crippen LogP contribution in [0.1, 0.15) is 45.1 Å². The number of piperidine rings is 1. The van der Waals surface area contributed by atoms with E-state index in [-0.39, 0.29) is 0 Å². The van der Waals surface area contributed by atoms with Crippen molar-refractivity contribution in [3.8, 4) is 5.75 Å². The van der Waals surface area contributed by atoms with Crippen molar-refractivity contribution in [1.82, 2.24) is 5.32 Å². The summed E-state index contributed by atoms with van der Waals surface area (Å²) in [4.78, 5) is 2.55. The molecule has 22 heavy (non-hydrogen) atoms. The predicted octanol–water partition coefficient (Wildman–Crippen LogP) is 4.13. The molecule has 1 aliphatic heterocycles. The van der Waals surface area contributed by atoms with Crippen LogP contribution in [0.15, 0.2) is 30.9 Å². The maximum atomic E-state index is 5.94. The Morgan fingerprint density at radius 2 is 2.23 bits per heavy atom. The van der Waals surface area contributed by atoms with Crippen LogP contribution in [0.3, 0.4) is 0 Å². The Kier molecular flexibility index (Phi) is 6.78. The van der Waals surface area contributed by atoms with Crippen LogP contribution in [-0.4, -0.2) is 25.7 Å². The Balaban J connectivity index is 2.19. The van der Waals surface area contributed by atoms with Gasteiger partial charge < -0.3 is 15.0 Å². The second-order valence-electron chi connectivity index (χ2n) is 5.91. The smallest absolute Gasteiger partial charge is 0.142 e. The highest BCUT2D eigenvalue weighted by molar-refractivity contribution is 5.60. The van der Waals surface area contributed by atoms with Gasteiger partial charge in [0.1, 0.15) is 5.75 Å². The van der Waals surface area contributed by atoms with Crippen molar-refractivity contribution in [3.63, 3.8) is 0 Å². The van der Waals surface area contributed by atoms with Gasteiger partial charge in [0.15, 0.2) is 0 Å². The zero-order valence-corrected chi connectivity index (χ0v) is 14.1. The van der Waals surface area contributed by atoms with E-state index in [2.05, 4.69) is 48.8 Å². The fraction of sp³-hybridized carbons (Fsp3) is 0.579. The van der Waals surface area contributed by atoms with Crippen LogP contribution in [0.5, 0.6) is 5.75 Å². The molecule has 0 aliphatic carbocycles. The Hall–Kier alpha value is -1.48. The molecule has 0 amide bonds. The fourth-order valence-corrected chi connectivity index (χ4v) is 3.24. The van der Waals surface area contributed by atoms with E-state index in [1.54, 1.807) is 0 Å². The summed E-state index contributed by atoms with van der Waals surface area (Å²) in [5, 5.41) is 3.35. The molecular weight excluding hydrogens is 272 g/mol. The lowest BCUT2D eigenvalue weighted by Crippen LogP contribution is -2.39. The van der Waals surface area contributed by atoms with Crippen molar-refractivity contribution in [2.45, 2.75) is 52.1 Å². The predicted molar refractivity (Wildman–Crippen MR) is 94.8 cm³/mol. The topological polar surface area (TPSA) is 24.5 Å². The molecular formula is C19H30N2O. The van der Waals surface area contributed by atoms with E-state index in [0.29, 0.717) is 12.6 Å². The lowest BCUT2D eigenvalue weighted by molar-refractivity contribution is 0.336. The first-order valence-corrected chi connectivity index (χ1v) is 8.64. The number of ether oxygens (including phenoxy) is 1. The number of hydrogen-bond donors (Lipinski definition) is 1. The van der Waals surface area contributed by atoms with Crippen LogP contribution in [0.4, 0.5) is 5.69 Å². The van der Waals surface area contributed by atoms with Gasteiger partial charge in [0.05, 0.1) is 12.3 Å². The van der Waals surface area contributed by atoms with Crippen molar-refractivity contribution in [3.05, 3.63) is 36.4 Å². The minimum Gasteiger partial charge on any atom is -0.492 e. The summed E-state index contributed by atoms with van der Waals surface area (Å²) in [6.45, 7) is 11.6. The number of nitrogens with one attached hydrogen (secondary N) is 1. The summed E-state index contributed by atoms with van der Waals surface area (Å²) in [6, 6.07) is 7.30. The van der Waals surface area contributed by atoms with E-state index in [0.717, 1.165) is 25.4 Å². The minimum absolute atomic E-state index is 0.651. The fourth-order valence-electron chi connectivity index (χ4n) is 3.24. The molecule has 0 bridgehead atoms. The van der Waals surface area contributed by atoms with Crippen LogP contribution in [0.2, 0.25) is 0 Å². The largest absolute Gasteiger partial charge is 0.492 e. The lowest BCUT2D eigenvalue weighted by atomic mass is 9.98. The third-order valence-electron chi connectivity index (χ3n) is 4.35. The van der Waals surface area contributed by atoms with Gasteiger partial charge in [0, 0.05) is 25.7 Å². The second-order valence-corrected chi connectivity index (χ2v) is 5.91. The maximum absolute atomic E-state index is 5.94. The summed E-state index contributed by atoms with van der Waals surface area (Å²) in [5.74, 6) is 1.03. The quantitative estimate of drug-likeness (QED) is 0.577. The van der Waals surface area contributed by atoms with Gasteiger partial charge in [-0.1, -0.05) is 19.1 Å². The first kappa shape index (κ1) is 16.9. The van der Waals surface area contributed by atoms with Crippen LogP contribution >= 0.6 is 0 Å². The zero-order valence-electron chi connectivity index (χ0n) is 14.1. The maximum Gasteiger partial charge on any atom is 0.142 e. The van der Waals surface area contributed by atoms with Gasteiger partial charge in [-0.3, -0.25) is 0 Å². The van der Waals surface area contributed by atoms with Gasteiger partial charge in [-0.2, -0.15) is 0 Å². The van der Waals surface area contributed by atoms with Gasteiger partial charge >= 0.3 is 0 Å². The molecule has 1 saturated heterocycles. The van der Waals surface area contributed by atoms with E-state index in [1.807, 2.05) is 6.08 Å². The van der Waals surface area contributed by atoms with E-state index in [4.69, 9.17) is 4.74 Å². The normalized spacial score (nSPS) is 18.3. The van der Waals surface area contributed by atoms with Gasteiger partial charge in [-0.15, -0.1) is 6.58 Å². The third-order valence-corrected chi connectivity index (χ3v) is 4.35. The second kappa shape index (κ2) is 8.84. The molecule has 1 heterocycles. The first-order valence-electron chi connectivity index (χ1n) is 8.64. The third kappa shape index (κ3) is 4.26. The van der Waals surface area contributed by atoms with Crippen LogP contribution in [0, 0.1) is 0 Å². The highest BCUT2D eigenvalue weighted by atomic mass is 16.5. The molecule has 1 aliphatic rings. The molecule has 1 aromatic rings. The molecule has 0 spiro atoms. The van der Waals surface area contributed by atoms with Crippen LogP contribution in [0.25, 0.3) is 0 Å². The molecule has 3 nitrogen and oxygen atoms in total. The van der Waals surface area contributed by atoms with Crippen molar-refractivity contribution in [1.29, 1.82) is 0 Å². The summed E-state index contributed by atoms with van der Waals surface area (Å²) in [6.07, 6.45) is 7.02. The Bertz CT molecular complexity index is 473. The van der Waals surface area contributed by atoms with E-state index < -0.39 is 0 Å². The average Bonchev–Trinajstić information content (AvgIpc) is 2.56. The monoisotopic (exact) mass is 302 g/mol. The van der Waals surface area contributed by atoms with Crippen molar-refractivity contribution in [2.24, 2.45) is 0 Å². The molecule has 1 N–H and O–H groups in total. The minimum atomic E-state index is 0.651.